The van der Waals surface area contributed by atoms with E-state index < -0.39 is 85.4 Å². The molecule has 10 unspecified atom stereocenters. The third-order valence-electron chi connectivity index (χ3n) is 5.38. The maximum Gasteiger partial charge on any atom is 0.248 e. The second kappa shape index (κ2) is 11.6. The van der Waals surface area contributed by atoms with Crippen molar-refractivity contribution >= 4 is 24.1 Å². The number of nitrogens with two attached hydrogens (primary N) is 1. The lowest BCUT2D eigenvalue weighted by atomic mass is 9.87. The van der Waals surface area contributed by atoms with Crippen LogP contribution in [0.1, 0.15) is 20.8 Å². The summed E-state index contributed by atoms with van der Waals surface area (Å²) in [5, 5.41) is 35.1. The van der Waals surface area contributed by atoms with Gasteiger partial charge in [-0.2, -0.15) is 0 Å². The van der Waals surface area contributed by atoms with E-state index in [1.165, 1.54) is 13.8 Å². The van der Waals surface area contributed by atoms with Crippen molar-refractivity contribution < 1.29 is 53.5 Å². The summed E-state index contributed by atoms with van der Waals surface area (Å²) in [7, 11) is 0. The van der Waals surface area contributed by atoms with Gasteiger partial charge in [0.1, 0.15) is 30.5 Å². The highest BCUT2D eigenvalue weighted by atomic mass is 16.8. The van der Waals surface area contributed by atoms with Gasteiger partial charge >= 0.3 is 0 Å². The van der Waals surface area contributed by atoms with Crippen LogP contribution in [-0.4, -0.2) is 101 Å². The zero-order valence-electron chi connectivity index (χ0n) is 18.2. The molecule has 0 aliphatic carbocycles. The number of hydroxylamine groups is 1. The Labute approximate surface area is 188 Å². The summed E-state index contributed by atoms with van der Waals surface area (Å²) in [6, 6.07) is -2.26. The number of ether oxygens (including phenoxy) is 3. The standard InChI is InChI=1S/C18H30N4O11/c1-6-10(21-7(2)25)15(16(19)29)32-18(33-20-5-24)14(6)31-17-11(22-8(3)26)13(28)12(27)9(4-23)30-17/h5-6,9-15,17-18,23,27-28H,4H2,1-3H3,(H2,19,29)(H,20,24)(H,21,25)(H,22,26). The van der Waals surface area contributed by atoms with Crippen molar-refractivity contribution in [2.75, 3.05) is 6.61 Å². The van der Waals surface area contributed by atoms with E-state index in [2.05, 4.69) is 10.6 Å². The molecular weight excluding hydrogens is 448 g/mol. The lowest BCUT2D eigenvalue weighted by Crippen LogP contribution is -2.68. The van der Waals surface area contributed by atoms with Crippen molar-refractivity contribution in [2.24, 2.45) is 11.7 Å². The van der Waals surface area contributed by atoms with Crippen molar-refractivity contribution in [1.29, 1.82) is 0 Å². The number of primary amides is 1. The number of carbonyl (C=O) groups is 4. The van der Waals surface area contributed by atoms with Crippen LogP contribution in [0.3, 0.4) is 0 Å². The molecule has 2 aliphatic heterocycles. The first-order chi connectivity index (χ1) is 15.5. The molecular formula is C18H30N4O11. The molecule has 0 radical (unpaired) electrons. The van der Waals surface area contributed by atoms with Gasteiger partial charge in [0.05, 0.1) is 12.6 Å². The SMILES string of the molecule is CC(=O)NC1C(C(N)=O)OC(ONC=O)C(OC2OC(CO)C(O)C(O)C2NC(C)=O)C1C. The van der Waals surface area contributed by atoms with Crippen LogP contribution in [0.5, 0.6) is 0 Å². The molecule has 10 atom stereocenters. The molecule has 0 bridgehead atoms. The Hall–Kier alpha value is -2.40. The Morgan fingerprint density at radius 3 is 2.15 bits per heavy atom. The van der Waals surface area contributed by atoms with Crippen LogP contribution in [-0.2, 0) is 38.2 Å². The molecule has 8 N–H and O–H groups in total. The summed E-state index contributed by atoms with van der Waals surface area (Å²) in [6.07, 6.45) is -9.58. The summed E-state index contributed by atoms with van der Waals surface area (Å²) >= 11 is 0. The molecule has 2 saturated heterocycles. The van der Waals surface area contributed by atoms with Crippen LogP contribution in [0.2, 0.25) is 0 Å². The van der Waals surface area contributed by atoms with Crippen LogP contribution in [0.15, 0.2) is 0 Å². The molecule has 4 amide bonds. The van der Waals surface area contributed by atoms with E-state index in [-0.39, 0.29) is 6.41 Å². The van der Waals surface area contributed by atoms with E-state index >= 15 is 0 Å². The second-order valence-corrected chi connectivity index (χ2v) is 7.80. The van der Waals surface area contributed by atoms with Crippen LogP contribution < -0.4 is 21.8 Å². The largest absolute Gasteiger partial charge is 0.394 e. The summed E-state index contributed by atoms with van der Waals surface area (Å²) < 4.78 is 17.0. The van der Waals surface area contributed by atoms with Crippen molar-refractivity contribution in [3.63, 3.8) is 0 Å². The van der Waals surface area contributed by atoms with Crippen LogP contribution in [0, 0.1) is 5.92 Å². The average Bonchev–Trinajstić information content (AvgIpc) is 2.74. The highest BCUT2D eigenvalue weighted by Gasteiger charge is 2.52. The molecule has 0 aromatic heterocycles. The fraction of sp³-hybridized carbons (Fsp3) is 0.778. The summed E-state index contributed by atoms with van der Waals surface area (Å²) in [5.74, 6) is -2.73. The van der Waals surface area contributed by atoms with Gasteiger partial charge in [-0.25, -0.2) is 10.3 Å². The first kappa shape index (κ1) is 26.8. The number of amides is 4. The number of aliphatic hydroxyl groups excluding tert-OH is 3. The van der Waals surface area contributed by atoms with Gasteiger partial charge in [0.15, 0.2) is 12.4 Å². The Balaban J connectivity index is 2.38. The van der Waals surface area contributed by atoms with Crippen molar-refractivity contribution in [3.05, 3.63) is 0 Å². The lowest BCUT2D eigenvalue weighted by molar-refractivity contribution is -0.339. The summed E-state index contributed by atoms with van der Waals surface area (Å²) in [4.78, 5) is 51.2. The number of hydrogen-bond donors (Lipinski definition) is 7. The first-order valence-corrected chi connectivity index (χ1v) is 10.1. The zero-order chi connectivity index (χ0) is 24.9. The minimum atomic E-state index is -1.58. The van der Waals surface area contributed by atoms with Gasteiger partial charge in [-0.1, -0.05) is 6.92 Å². The van der Waals surface area contributed by atoms with E-state index in [1.54, 1.807) is 6.92 Å². The molecule has 2 heterocycles. The quantitative estimate of drug-likeness (QED) is 0.123. The first-order valence-electron chi connectivity index (χ1n) is 10.1. The monoisotopic (exact) mass is 478 g/mol. The van der Waals surface area contributed by atoms with Crippen LogP contribution >= 0.6 is 0 Å². The Morgan fingerprint density at radius 1 is 1.03 bits per heavy atom. The highest BCUT2D eigenvalue weighted by molar-refractivity contribution is 5.81. The molecule has 188 valence electrons. The molecule has 2 rings (SSSR count). The van der Waals surface area contributed by atoms with Gasteiger partial charge in [0.25, 0.3) is 0 Å². The van der Waals surface area contributed by atoms with E-state index in [0.717, 1.165) is 0 Å². The molecule has 15 nitrogen and oxygen atoms in total. The Kier molecular flexibility index (Phi) is 9.47. The van der Waals surface area contributed by atoms with Gasteiger partial charge < -0.3 is 45.9 Å². The zero-order valence-corrected chi connectivity index (χ0v) is 18.2. The van der Waals surface area contributed by atoms with Gasteiger partial charge in [0.2, 0.25) is 30.4 Å². The van der Waals surface area contributed by atoms with Crippen molar-refractivity contribution in [3.8, 4) is 0 Å². The predicted molar refractivity (Wildman–Crippen MR) is 105 cm³/mol. The smallest absolute Gasteiger partial charge is 0.248 e. The fourth-order valence-corrected chi connectivity index (χ4v) is 3.84. The van der Waals surface area contributed by atoms with Crippen molar-refractivity contribution in [2.45, 2.75) is 76.0 Å². The van der Waals surface area contributed by atoms with Crippen LogP contribution in [0.4, 0.5) is 0 Å². The number of hydrogen-bond acceptors (Lipinski definition) is 11. The Morgan fingerprint density at radius 2 is 1.64 bits per heavy atom. The number of aliphatic hydroxyl groups is 3. The van der Waals surface area contributed by atoms with E-state index in [0.29, 0.717) is 0 Å². The molecule has 0 aromatic carbocycles. The predicted octanol–water partition coefficient (Wildman–Crippen LogP) is -4.66. The number of carbonyl (C=O) groups excluding carboxylic acids is 4. The maximum atomic E-state index is 11.9. The molecule has 2 fully saturated rings. The van der Waals surface area contributed by atoms with Crippen LogP contribution in [0.25, 0.3) is 0 Å². The lowest BCUT2D eigenvalue weighted by Gasteiger charge is -2.48. The highest BCUT2D eigenvalue weighted by Crippen LogP contribution is 2.32. The summed E-state index contributed by atoms with van der Waals surface area (Å²) in [5.41, 5.74) is 7.34. The van der Waals surface area contributed by atoms with Crippen molar-refractivity contribution in [1.82, 2.24) is 16.1 Å². The minimum Gasteiger partial charge on any atom is -0.394 e. The Bertz CT molecular complexity index is 726. The minimum absolute atomic E-state index is 0.198. The number of nitrogens with one attached hydrogen (secondary N) is 3. The third-order valence-corrected chi connectivity index (χ3v) is 5.38. The second-order valence-electron chi connectivity index (χ2n) is 7.80. The summed E-state index contributed by atoms with van der Waals surface area (Å²) in [6.45, 7) is 3.29. The fourth-order valence-electron chi connectivity index (χ4n) is 3.84. The molecule has 0 spiro atoms. The average molecular weight is 478 g/mol. The van der Waals surface area contributed by atoms with Gasteiger partial charge in [-0.3, -0.25) is 19.2 Å². The molecule has 0 aromatic rings. The topological polar surface area (TPSA) is 228 Å². The van der Waals surface area contributed by atoms with Gasteiger partial charge in [0, 0.05) is 19.8 Å². The molecule has 33 heavy (non-hydrogen) atoms. The third kappa shape index (κ3) is 6.35. The van der Waals surface area contributed by atoms with E-state index in [1.807, 2.05) is 5.48 Å². The number of rotatable bonds is 9. The van der Waals surface area contributed by atoms with E-state index in [4.69, 9.17) is 24.8 Å². The molecule has 2 aliphatic rings. The molecule has 0 saturated carbocycles. The van der Waals surface area contributed by atoms with Gasteiger partial charge in [-0.15, -0.1) is 0 Å². The normalized spacial score (nSPS) is 38.7. The molecule has 15 heteroatoms. The maximum absolute atomic E-state index is 11.9. The van der Waals surface area contributed by atoms with Gasteiger partial charge in [-0.05, 0) is 0 Å². The van der Waals surface area contributed by atoms with E-state index in [9.17, 15) is 34.5 Å².